The molecule has 0 saturated carbocycles. The molecule has 1 rings (SSSR count). The number of ether oxygens (including phenoxy) is 1. The number of hydrogen-bond acceptors (Lipinski definition) is 3. The van der Waals surface area contributed by atoms with Crippen LogP contribution < -0.4 is 5.32 Å². The number of nitrogens with zero attached hydrogens (tertiary/aromatic N) is 1. The third-order valence-electron chi connectivity index (χ3n) is 1.78. The van der Waals surface area contributed by atoms with Gasteiger partial charge >= 0.3 is 12.2 Å². The van der Waals surface area contributed by atoms with E-state index < -0.39 is 30.7 Å². The molecule has 0 aromatic rings. The van der Waals surface area contributed by atoms with Crippen molar-refractivity contribution in [2.45, 2.75) is 12.2 Å². The Morgan fingerprint density at radius 3 is 2.53 bits per heavy atom. The van der Waals surface area contributed by atoms with Gasteiger partial charge < -0.3 is 10.1 Å². The van der Waals surface area contributed by atoms with E-state index in [0.717, 1.165) is 0 Å². The van der Waals surface area contributed by atoms with Crippen molar-refractivity contribution >= 4 is 11.9 Å². The third-order valence-corrected chi connectivity index (χ3v) is 1.78. The van der Waals surface area contributed by atoms with Gasteiger partial charge in [-0.3, -0.25) is 9.69 Å². The summed E-state index contributed by atoms with van der Waals surface area (Å²) in [5.41, 5.74) is 0. The summed E-state index contributed by atoms with van der Waals surface area (Å²) in [4.78, 5) is 22.4. The van der Waals surface area contributed by atoms with Gasteiger partial charge in [0.25, 0.3) is 5.91 Å². The average molecular weight is 226 g/mol. The molecule has 1 saturated heterocycles. The molecule has 0 bridgehead atoms. The van der Waals surface area contributed by atoms with Crippen molar-refractivity contribution in [3.8, 4) is 0 Å². The van der Waals surface area contributed by atoms with Crippen LogP contribution in [0.15, 0.2) is 0 Å². The maximum atomic E-state index is 12.0. The molecular formula is C7H9F3N2O3. The molecule has 1 aliphatic rings. The largest absolute Gasteiger partial charge is 0.406 e. The maximum absolute atomic E-state index is 12.0. The van der Waals surface area contributed by atoms with Gasteiger partial charge in [0, 0.05) is 7.11 Å². The molecule has 3 amide bonds. The van der Waals surface area contributed by atoms with E-state index in [-0.39, 0.29) is 11.5 Å². The van der Waals surface area contributed by atoms with E-state index in [9.17, 15) is 22.8 Å². The molecule has 1 heterocycles. The molecule has 0 aromatic carbocycles. The van der Waals surface area contributed by atoms with Crippen LogP contribution in [0.5, 0.6) is 0 Å². The summed E-state index contributed by atoms with van der Waals surface area (Å²) in [6.45, 7) is -1.71. The summed E-state index contributed by atoms with van der Waals surface area (Å²) in [5, 5.41) is 2.09. The molecule has 1 fully saturated rings. The Hall–Kier alpha value is -1.31. The summed E-state index contributed by atoms with van der Waals surface area (Å²) in [5.74, 6) is -0.917. The van der Waals surface area contributed by atoms with Crippen LogP contribution in [0, 0.1) is 0 Å². The van der Waals surface area contributed by atoms with E-state index in [1.165, 1.54) is 7.11 Å². The highest BCUT2D eigenvalue weighted by Gasteiger charge is 2.44. The van der Waals surface area contributed by atoms with Crippen molar-refractivity contribution in [3.05, 3.63) is 0 Å². The number of alkyl halides is 3. The lowest BCUT2D eigenvalue weighted by Gasteiger charge is -2.14. The summed E-state index contributed by atoms with van der Waals surface area (Å²) in [6, 6.07) is -2.07. The van der Waals surface area contributed by atoms with E-state index in [1.807, 2.05) is 0 Å². The van der Waals surface area contributed by atoms with Gasteiger partial charge in [0.15, 0.2) is 0 Å². The number of carbonyl (C=O) groups is 2. The molecule has 0 aromatic heterocycles. The van der Waals surface area contributed by atoms with E-state index in [2.05, 4.69) is 10.1 Å². The number of amides is 3. The fraction of sp³-hybridized carbons (Fsp3) is 0.714. The van der Waals surface area contributed by atoms with Crippen molar-refractivity contribution < 1.29 is 27.5 Å². The lowest BCUT2D eigenvalue weighted by atomic mass is 10.3. The quantitative estimate of drug-likeness (QED) is 0.695. The van der Waals surface area contributed by atoms with Crippen LogP contribution in [0.3, 0.4) is 0 Å². The number of rotatable bonds is 3. The molecule has 1 N–H and O–H groups in total. The Kier molecular flexibility index (Phi) is 3.18. The summed E-state index contributed by atoms with van der Waals surface area (Å²) in [7, 11) is 1.28. The van der Waals surface area contributed by atoms with E-state index in [0.29, 0.717) is 0 Å². The van der Waals surface area contributed by atoms with Crippen molar-refractivity contribution in [3.63, 3.8) is 0 Å². The standard InChI is InChI=1S/C7H9F3N2O3/c1-15-2-4-5(13)12(6(14)11-4)3-7(8,9)10/h4H,2-3H2,1H3,(H,11,14). The van der Waals surface area contributed by atoms with Crippen LogP contribution in [-0.2, 0) is 9.53 Å². The fourth-order valence-electron chi connectivity index (χ4n) is 1.19. The minimum absolute atomic E-state index is 0.129. The van der Waals surface area contributed by atoms with Crippen LogP contribution >= 0.6 is 0 Å². The van der Waals surface area contributed by atoms with Crippen LogP contribution in [0.4, 0.5) is 18.0 Å². The van der Waals surface area contributed by atoms with Crippen LogP contribution in [0.25, 0.3) is 0 Å². The first kappa shape index (κ1) is 11.8. The van der Waals surface area contributed by atoms with Crippen molar-refractivity contribution in [1.82, 2.24) is 10.2 Å². The van der Waals surface area contributed by atoms with Gasteiger partial charge in [-0.15, -0.1) is 0 Å². The van der Waals surface area contributed by atoms with Gasteiger partial charge in [-0.25, -0.2) is 4.79 Å². The highest BCUT2D eigenvalue weighted by Crippen LogP contribution is 2.19. The second-order valence-corrected chi connectivity index (χ2v) is 3.00. The molecule has 8 heteroatoms. The number of hydrogen-bond donors (Lipinski definition) is 1. The number of methoxy groups -OCH3 is 1. The molecule has 0 aliphatic carbocycles. The lowest BCUT2D eigenvalue weighted by Crippen LogP contribution is -2.39. The first-order valence-electron chi connectivity index (χ1n) is 4.02. The number of imide groups is 1. The van der Waals surface area contributed by atoms with Gasteiger partial charge in [0.05, 0.1) is 6.61 Å². The minimum Gasteiger partial charge on any atom is -0.382 e. The Balaban J connectivity index is 2.67. The fourth-order valence-corrected chi connectivity index (χ4v) is 1.19. The highest BCUT2D eigenvalue weighted by molar-refractivity contribution is 6.04. The van der Waals surface area contributed by atoms with Crippen molar-refractivity contribution in [2.75, 3.05) is 20.3 Å². The van der Waals surface area contributed by atoms with Crippen LogP contribution in [0.1, 0.15) is 0 Å². The van der Waals surface area contributed by atoms with E-state index in [4.69, 9.17) is 0 Å². The third kappa shape index (κ3) is 2.82. The summed E-state index contributed by atoms with van der Waals surface area (Å²) >= 11 is 0. The van der Waals surface area contributed by atoms with Gasteiger partial charge in [-0.05, 0) is 0 Å². The summed E-state index contributed by atoms with van der Waals surface area (Å²) in [6.07, 6.45) is -4.59. The predicted molar refractivity (Wildman–Crippen MR) is 42.0 cm³/mol. The molecule has 1 aliphatic heterocycles. The maximum Gasteiger partial charge on any atom is 0.406 e. The van der Waals surface area contributed by atoms with Crippen LogP contribution in [-0.4, -0.2) is 49.3 Å². The first-order chi connectivity index (χ1) is 6.85. The second kappa shape index (κ2) is 4.05. The monoisotopic (exact) mass is 226 g/mol. The Morgan fingerprint density at radius 2 is 2.07 bits per heavy atom. The molecular weight excluding hydrogens is 217 g/mol. The van der Waals surface area contributed by atoms with Gasteiger partial charge in [0.1, 0.15) is 12.6 Å². The molecule has 0 spiro atoms. The second-order valence-electron chi connectivity index (χ2n) is 3.00. The number of carbonyl (C=O) groups excluding carboxylic acids is 2. The topological polar surface area (TPSA) is 58.6 Å². The lowest BCUT2D eigenvalue weighted by molar-refractivity contribution is -0.153. The zero-order valence-electron chi connectivity index (χ0n) is 7.80. The zero-order valence-corrected chi connectivity index (χ0v) is 7.80. The predicted octanol–water partition coefficient (Wildman–Crippen LogP) is 0.115. The normalized spacial score (nSPS) is 22.1. The number of urea groups is 1. The van der Waals surface area contributed by atoms with Crippen molar-refractivity contribution in [2.24, 2.45) is 0 Å². The molecule has 15 heavy (non-hydrogen) atoms. The Bertz CT molecular complexity index is 279. The van der Waals surface area contributed by atoms with E-state index >= 15 is 0 Å². The SMILES string of the molecule is COCC1NC(=O)N(CC(F)(F)F)C1=O. The molecule has 1 atom stereocenters. The van der Waals surface area contributed by atoms with Gasteiger partial charge in [0.2, 0.25) is 0 Å². The van der Waals surface area contributed by atoms with E-state index in [1.54, 1.807) is 0 Å². The van der Waals surface area contributed by atoms with Crippen LogP contribution in [0.2, 0.25) is 0 Å². The zero-order chi connectivity index (χ0) is 11.6. The number of halogens is 3. The minimum atomic E-state index is -4.59. The van der Waals surface area contributed by atoms with Crippen molar-refractivity contribution in [1.29, 1.82) is 0 Å². The molecule has 1 unspecified atom stereocenters. The average Bonchev–Trinajstić information content (AvgIpc) is 2.32. The van der Waals surface area contributed by atoms with Gasteiger partial charge in [-0.1, -0.05) is 0 Å². The molecule has 5 nitrogen and oxygen atoms in total. The molecule has 0 radical (unpaired) electrons. The summed E-state index contributed by atoms with van der Waals surface area (Å²) < 4.78 is 40.5. The van der Waals surface area contributed by atoms with Gasteiger partial charge in [-0.2, -0.15) is 13.2 Å². The Morgan fingerprint density at radius 1 is 1.47 bits per heavy atom. The molecule has 86 valence electrons. The first-order valence-corrected chi connectivity index (χ1v) is 4.02. The number of nitrogens with one attached hydrogen (secondary N) is 1. The smallest absolute Gasteiger partial charge is 0.382 e. The Labute approximate surface area is 83.2 Å². The highest BCUT2D eigenvalue weighted by atomic mass is 19.4.